The number of aromatic nitrogens is 1. The molecule has 4 nitrogen and oxygen atoms in total. The van der Waals surface area contributed by atoms with E-state index >= 15 is 0 Å². The SMILES string of the molecule is CC(C)(C)CCc1oc(-c2cccs2)nc1C(=O)O. The van der Waals surface area contributed by atoms with Crippen LogP contribution in [0.4, 0.5) is 0 Å². The predicted octanol–water partition coefficient (Wildman–Crippen LogP) is 4.08. The van der Waals surface area contributed by atoms with Gasteiger partial charge in [0.1, 0.15) is 5.76 Å². The maximum Gasteiger partial charge on any atom is 0.358 e. The number of oxazole rings is 1. The fraction of sp³-hybridized carbons (Fsp3) is 0.429. The molecule has 0 spiro atoms. The van der Waals surface area contributed by atoms with E-state index in [9.17, 15) is 9.90 Å². The normalized spacial score (nSPS) is 11.7. The lowest BCUT2D eigenvalue weighted by molar-refractivity contribution is 0.0688. The van der Waals surface area contributed by atoms with E-state index in [0.717, 1.165) is 11.3 Å². The lowest BCUT2D eigenvalue weighted by Gasteiger charge is -2.16. The molecule has 0 unspecified atom stereocenters. The van der Waals surface area contributed by atoms with Crippen LogP contribution in [0.25, 0.3) is 10.8 Å². The molecule has 0 aliphatic heterocycles. The first-order valence-electron chi connectivity index (χ1n) is 6.14. The highest BCUT2D eigenvalue weighted by Gasteiger charge is 2.22. The molecule has 19 heavy (non-hydrogen) atoms. The molecule has 0 aliphatic carbocycles. The molecule has 2 heterocycles. The molecule has 2 aromatic rings. The van der Waals surface area contributed by atoms with Crippen molar-refractivity contribution in [1.82, 2.24) is 4.98 Å². The van der Waals surface area contributed by atoms with Gasteiger partial charge in [-0.3, -0.25) is 0 Å². The maximum atomic E-state index is 11.2. The van der Waals surface area contributed by atoms with Gasteiger partial charge in [-0.1, -0.05) is 26.8 Å². The molecule has 0 fully saturated rings. The lowest BCUT2D eigenvalue weighted by atomic mass is 9.90. The van der Waals surface area contributed by atoms with Gasteiger partial charge in [0.15, 0.2) is 5.69 Å². The summed E-state index contributed by atoms with van der Waals surface area (Å²) in [5.74, 6) is -0.169. The second-order valence-electron chi connectivity index (χ2n) is 5.63. The Morgan fingerprint density at radius 2 is 2.21 bits per heavy atom. The van der Waals surface area contributed by atoms with Crippen molar-refractivity contribution in [3.05, 3.63) is 29.0 Å². The zero-order valence-corrected chi connectivity index (χ0v) is 12.1. The zero-order chi connectivity index (χ0) is 14.0. The van der Waals surface area contributed by atoms with Crippen molar-refractivity contribution in [2.75, 3.05) is 0 Å². The van der Waals surface area contributed by atoms with E-state index < -0.39 is 5.97 Å². The number of nitrogens with zero attached hydrogens (tertiary/aromatic N) is 1. The monoisotopic (exact) mass is 279 g/mol. The molecular formula is C14H17NO3S. The van der Waals surface area contributed by atoms with Crippen LogP contribution in [0.15, 0.2) is 21.9 Å². The van der Waals surface area contributed by atoms with Gasteiger partial charge in [0, 0.05) is 6.42 Å². The average molecular weight is 279 g/mol. The van der Waals surface area contributed by atoms with Crippen molar-refractivity contribution in [1.29, 1.82) is 0 Å². The predicted molar refractivity (Wildman–Crippen MR) is 74.6 cm³/mol. The fourth-order valence-corrected chi connectivity index (χ4v) is 2.33. The summed E-state index contributed by atoms with van der Waals surface area (Å²) in [6.45, 7) is 6.35. The number of thiophene rings is 1. The van der Waals surface area contributed by atoms with Crippen LogP contribution < -0.4 is 0 Å². The minimum atomic E-state index is -1.03. The molecule has 0 aromatic carbocycles. The van der Waals surface area contributed by atoms with Gasteiger partial charge in [-0.05, 0) is 23.3 Å². The Morgan fingerprint density at radius 3 is 2.74 bits per heavy atom. The molecule has 0 bridgehead atoms. The Balaban J connectivity index is 2.29. The first-order chi connectivity index (χ1) is 8.87. The van der Waals surface area contributed by atoms with Crippen LogP contribution >= 0.6 is 11.3 Å². The summed E-state index contributed by atoms with van der Waals surface area (Å²) >= 11 is 1.48. The van der Waals surface area contributed by atoms with Crippen molar-refractivity contribution in [2.45, 2.75) is 33.6 Å². The summed E-state index contributed by atoms with van der Waals surface area (Å²) in [6.07, 6.45) is 1.44. The quantitative estimate of drug-likeness (QED) is 0.916. The molecule has 0 amide bonds. The van der Waals surface area contributed by atoms with Crippen molar-refractivity contribution >= 4 is 17.3 Å². The summed E-state index contributed by atoms with van der Waals surface area (Å²) in [4.78, 5) is 16.2. The molecule has 5 heteroatoms. The molecular weight excluding hydrogens is 262 g/mol. The van der Waals surface area contributed by atoms with E-state index in [-0.39, 0.29) is 11.1 Å². The number of aromatic carboxylic acids is 1. The number of carbonyl (C=O) groups is 1. The van der Waals surface area contributed by atoms with Crippen LogP contribution in [-0.4, -0.2) is 16.1 Å². The van der Waals surface area contributed by atoms with Gasteiger partial charge in [0.2, 0.25) is 5.89 Å². The maximum absolute atomic E-state index is 11.2. The highest BCUT2D eigenvalue weighted by Crippen LogP contribution is 2.29. The van der Waals surface area contributed by atoms with Crippen LogP contribution in [0.1, 0.15) is 43.4 Å². The molecule has 0 aliphatic rings. The van der Waals surface area contributed by atoms with Crippen molar-refractivity contribution in [2.24, 2.45) is 5.41 Å². The van der Waals surface area contributed by atoms with Gasteiger partial charge in [0.25, 0.3) is 0 Å². The molecule has 102 valence electrons. The van der Waals surface area contributed by atoms with E-state index in [1.165, 1.54) is 11.3 Å². The molecule has 1 N–H and O–H groups in total. The molecule has 2 aromatic heterocycles. The Hall–Kier alpha value is -1.62. The first-order valence-corrected chi connectivity index (χ1v) is 7.02. The van der Waals surface area contributed by atoms with E-state index in [1.807, 2.05) is 17.5 Å². The van der Waals surface area contributed by atoms with Crippen LogP contribution in [0.5, 0.6) is 0 Å². The summed E-state index contributed by atoms with van der Waals surface area (Å²) in [5.41, 5.74) is 0.165. The van der Waals surface area contributed by atoms with Crippen LogP contribution in [0.2, 0.25) is 0 Å². The largest absolute Gasteiger partial charge is 0.476 e. The Kier molecular flexibility index (Phi) is 3.75. The van der Waals surface area contributed by atoms with Gasteiger partial charge in [-0.15, -0.1) is 11.3 Å². The Bertz CT molecular complexity index is 564. The average Bonchev–Trinajstić information content (AvgIpc) is 2.94. The second-order valence-corrected chi connectivity index (χ2v) is 6.58. The molecule has 0 radical (unpaired) electrons. The molecule has 0 saturated carbocycles. The topological polar surface area (TPSA) is 63.3 Å². The molecule has 2 rings (SSSR count). The minimum absolute atomic E-state index is 0.0349. The van der Waals surface area contributed by atoms with Crippen molar-refractivity contribution in [3.63, 3.8) is 0 Å². The van der Waals surface area contributed by atoms with E-state index in [4.69, 9.17) is 4.42 Å². The summed E-state index contributed by atoms with van der Waals surface area (Å²) in [5, 5.41) is 11.1. The number of hydrogen-bond acceptors (Lipinski definition) is 4. The third-order valence-electron chi connectivity index (χ3n) is 2.73. The van der Waals surface area contributed by atoms with Crippen LogP contribution in [0, 0.1) is 5.41 Å². The third kappa shape index (κ3) is 3.44. The van der Waals surface area contributed by atoms with Crippen molar-refractivity contribution in [3.8, 4) is 10.8 Å². The summed E-state index contributed by atoms with van der Waals surface area (Å²) in [6, 6.07) is 3.76. The third-order valence-corrected chi connectivity index (χ3v) is 3.59. The standard InChI is InChI=1S/C14H17NO3S/c1-14(2,3)7-6-9-11(13(16)17)15-12(18-9)10-5-4-8-19-10/h4-5,8H,6-7H2,1-3H3,(H,16,17). The van der Waals surface area contributed by atoms with E-state index in [1.54, 1.807) is 0 Å². The van der Waals surface area contributed by atoms with Gasteiger partial charge < -0.3 is 9.52 Å². The smallest absolute Gasteiger partial charge is 0.358 e. The Labute approximate surface area is 116 Å². The summed E-state index contributed by atoms with van der Waals surface area (Å²) < 4.78 is 5.63. The summed E-state index contributed by atoms with van der Waals surface area (Å²) in [7, 11) is 0. The van der Waals surface area contributed by atoms with Gasteiger partial charge >= 0.3 is 5.97 Å². The molecule has 0 atom stereocenters. The molecule has 0 saturated heterocycles. The number of aryl methyl sites for hydroxylation is 1. The van der Waals surface area contributed by atoms with Crippen molar-refractivity contribution < 1.29 is 14.3 Å². The van der Waals surface area contributed by atoms with Gasteiger partial charge in [-0.2, -0.15) is 0 Å². The number of carboxylic acid groups (broad SMARTS) is 1. The lowest BCUT2D eigenvalue weighted by Crippen LogP contribution is -2.08. The number of carboxylic acids is 1. The van der Waals surface area contributed by atoms with E-state index in [2.05, 4.69) is 25.8 Å². The highest BCUT2D eigenvalue weighted by atomic mass is 32.1. The van der Waals surface area contributed by atoms with Crippen LogP contribution in [-0.2, 0) is 6.42 Å². The van der Waals surface area contributed by atoms with Gasteiger partial charge in [0.05, 0.1) is 4.88 Å². The van der Waals surface area contributed by atoms with E-state index in [0.29, 0.717) is 18.1 Å². The highest BCUT2D eigenvalue weighted by molar-refractivity contribution is 7.13. The van der Waals surface area contributed by atoms with Gasteiger partial charge in [-0.25, -0.2) is 9.78 Å². The minimum Gasteiger partial charge on any atom is -0.476 e. The Morgan fingerprint density at radius 1 is 1.47 bits per heavy atom. The number of rotatable bonds is 4. The number of hydrogen-bond donors (Lipinski definition) is 1. The van der Waals surface area contributed by atoms with Crippen LogP contribution in [0.3, 0.4) is 0 Å². The fourth-order valence-electron chi connectivity index (χ4n) is 1.68. The second kappa shape index (κ2) is 5.17. The zero-order valence-electron chi connectivity index (χ0n) is 11.3. The first kappa shape index (κ1) is 13.8.